The quantitative estimate of drug-likeness (QED) is 0.921. The van der Waals surface area contributed by atoms with Gasteiger partial charge in [-0.25, -0.2) is 4.79 Å². The van der Waals surface area contributed by atoms with E-state index in [2.05, 4.69) is 0 Å². The van der Waals surface area contributed by atoms with Crippen LogP contribution >= 0.6 is 0 Å². The molecule has 0 unspecified atom stereocenters. The number of aliphatic carboxylic acids is 1. The maximum Gasteiger partial charge on any atom is 0.326 e. The lowest BCUT2D eigenvalue weighted by molar-refractivity contribution is -0.149. The minimum Gasteiger partial charge on any atom is -0.480 e. The van der Waals surface area contributed by atoms with Gasteiger partial charge in [0.05, 0.1) is 12.5 Å². The van der Waals surface area contributed by atoms with Crippen molar-refractivity contribution in [1.29, 1.82) is 0 Å². The lowest BCUT2D eigenvalue weighted by Crippen LogP contribution is -2.42. The van der Waals surface area contributed by atoms with Crippen LogP contribution < -0.4 is 0 Å². The molecule has 1 aromatic carbocycles. The molecule has 6 nitrogen and oxygen atoms in total. The normalized spacial score (nSPS) is 22.4. The van der Waals surface area contributed by atoms with E-state index in [4.69, 9.17) is 0 Å². The summed E-state index contributed by atoms with van der Waals surface area (Å²) in [6.07, 6.45) is 4.82. The summed E-state index contributed by atoms with van der Waals surface area (Å²) in [4.78, 5) is 38.9. The van der Waals surface area contributed by atoms with E-state index in [1.54, 1.807) is 11.1 Å². The Kier molecular flexibility index (Phi) is 4.38. The van der Waals surface area contributed by atoms with Crippen LogP contribution in [0.1, 0.15) is 43.4 Å². The highest BCUT2D eigenvalue weighted by Crippen LogP contribution is 2.34. The fourth-order valence-electron chi connectivity index (χ4n) is 3.52. The Labute approximate surface area is 140 Å². The van der Waals surface area contributed by atoms with E-state index in [0.29, 0.717) is 19.4 Å². The number of hydrogen-bond donors (Lipinski definition) is 1. The van der Waals surface area contributed by atoms with Gasteiger partial charge in [0.1, 0.15) is 6.04 Å². The highest BCUT2D eigenvalue weighted by Gasteiger charge is 2.36. The highest BCUT2D eigenvalue weighted by atomic mass is 16.4. The van der Waals surface area contributed by atoms with Gasteiger partial charge in [0, 0.05) is 19.7 Å². The summed E-state index contributed by atoms with van der Waals surface area (Å²) in [5.74, 6) is -1.33. The second kappa shape index (κ2) is 6.47. The Morgan fingerprint density at radius 1 is 1.25 bits per heavy atom. The number of hydrogen-bond acceptors (Lipinski definition) is 3. The maximum absolute atomic E-state index is 12.7. The molecule has 1 N–H and O–H groups in total. The molecule has 0 spiro atoms. The number of fused-ring (bicyclic) bond motifs is 1. The number of likely N-dealkylation sites (tertiary alicyclic amines) is 1. The zero-order valence-electron chi connectivity index (χ0n) is 13.5. The van der Waals surface area contributed by atoms with Crippen LogP contribution in [0, 0.1) is 0 Å². The van der Waals surface area contributed by atoms with Crippen LogP contribution in [0.3, 0.4) is 0 Å². The van der Waals surface area contributed by atoms with Gasteiger partial charge in [0.25, 0.3) is 0 Å². The van der Waals surface area contributed by atoms with Crippen molar-refractivity contribution in [1.82, 2.24) is 9.80 Å². The van der Waals surface area contributed by atoms with Gasteiger partial charge in [-0.15, -0.1) is 0 Å². The molecular weight excluding hydrogens is 308 g/mol. The first kappa shape index (κ1) is 16.2. The molecule has 2 aliphatic heterocycles. The van der Waals surface area contributed by atoms with Crippen molar-refractivity contribution in [2.75, 3.05) is 6.54 Å². The molecule has 1 saturated heterocycles. The lowest BCUT2D eigenvalue weighted by atomic mass is 9.93. The molecule has 0 radical (unpaired) electrons. The van der Waals surface area contributed by atoms with E-state index in [9.17, 15) is 19.5 Å². The average Bonchev–Trinajstić information content (AvgIpc) is 3.04. The number of benzene rings is 1. The molecule has 2 aliphatic rings. The van der Waals surface area contributed by atoms with Crippen molar-refractivity contribution >= 4 is 23.9 Å². The van der Waals surface area contributed by atoms with Gasteiger partial charge >= 0.3 is 5.97 Å². The second-order valence-electron chi connectivity index (χ2n) is 6.17. The number of carboxylic acid groups (broad SMARTS) is 1. The van der Waals surface area contributed by atoms with Crippen LogP contribution in [-0.2, 0) is 14.4 Å². The lowest BCUT2D eigenvalue weighted by Gasteiger charge is -2.33. The topological polar surface area (TPSA) is 77.9 Å². The van der Waals surface area contributed by atoms with Crippen molar-refractivity contribution in [3.8, 4) is 0 Å². The summed E-state index contributed by atoms with van der Waals surface area (Å²) >= 11 is 0. The van der Waals surface area contributed by atoms with Crippen molar-refractivity contribution in [2.45, 2.75) is 38.3 Å². The third-order valence-corrected chi connectivity index (χ3v) is 4.70. The smallest absolute Gasteiger partial charge is 0.326 e. The SMILES string of the molecule is CC(=O)N1C=Cc2ccccc2[C@H]1CC(=O)N1CCC[C@@H]1C(=O)O. The van der Waals surface area contributed by atoms with Crippen LogP contribution in [0.2, 0.25) is 0 Å². The van der Waals surface area contributed by atoms with Gasteiger partial charge in [-0.05, 0) is 30.0 Å². The van der Waals surface area contributed by atoms with Gasteiger partial charge in [0.15, 0.2) is 0 Å². The van der Waals surface area contributed by atoms with Gasteiger partial charge in [-0.2, -0.15) is 0 Å². The number of carbonyl (C=O) groups is 3. The van der Waals surface area contributed by atoms with Gasteiger partial charge in [-0.3, -0.25) is 9.59 Å². The molecule has 24 heavy (non-hydrogen) atoms. The summed E-state index contributed by atoms with van der Waals surface area (Å²) in [5.41, 5.74) is 1.89. The minimum absolute atomic E-state index is 0.0880. The summed E-state index contributed by atoms with van der Waals surface area (Å²) in [5, 5.41) is 9.27. The Morgan fingerprint density at radius 3 is 2.71 bits per heavy atom. The van der Waals surface area contributed by atoms with Crippen LogP contribution in [-0.4, -0.2) is 45.3 Å². The number of nitrogens with zero attached hydrogens (tertiary/aromatic N) is 2. The summed E-state index contributed by atoms with van der Waals surface area (Å²) in [7, 11) is 0. The number of rotatable bonds is 3. The standard InChI is InChI=1S/C18H20N2O4/c1-12(21)19-10-8-13-5-2-3-6-14(13)16(19)11-17(22)20-9-4-7-15(20)18(23)24/h2-3,5-6,8,10,15-16H,4,7,9,11H2,1H3,(H,23,24)/t15-,16-/m1/s1. The third-order valence-electron chi connectivity index (χ3n) is 4.70. The van der Waals surface area contributed by atoms with E-state index in [-0.39, 0.29) is 18.2 Å². The Morgan fingerprint density at radius 2 is 2.00 bits per heavy atom. The first-order valence-electron chi connectivity index (χ1n) is 8.07. The van der Waals surface area contributed by atoms with E-state index in [0.717, 1.165) is 11.1 Å². The van der Waals surface area contributed by atoms with Gasteiger partial charge < -0.3 is 14.9 Å². The van der Waals surface area contributed by atoms with Crippen LogP contribution in [0.15, 0.2) is 30.5 Å². The predicted octanol–water partition coefficient (Wildman–Crippen LogP) is 2.03. The summed E-state index contributed by atoms with van der Waals surface area (Å²) in [6, 6.07) is 6.49. The molecule has 2 heterocycles. The van der Waals surface area contributed by atoms with Crippen molar-refractivity contribution < 1.29 is 19.5 Å². The van der Waals surface area contributed by atoms with E-state index >= 15 is 0 Å². The molecular formula is C18H20N2O4. The van der Waals surface area contributed by atoms with E-state index in [1.807, 2.05) is 30.3 Å². The third kappa shape index (κ3) is 2.91. The summed E-state index contributed by atoms with van der Waals surface area (Å²) < 4.78 is 0. The van der Waals surface area contributed by atoms with Crippen LogP contribution in [0.5, 0.6) is 0 Å². The first-order chi connectivity index (χ1) is 11.5. The molecule has 3 rings (SSSR count). The van der Waals surface area contributed by atoms with Crippen molar-refractivity contribution in [3.63, 3.8) is 0 Å². The summed E-state index contributed by atoms with van der Waals surface area (Å²) in [6.45, 7) is 1.92. The van der Waals surface area contributed by atoms with Gasteiger partial charge in [-0.1, -0.05) is 24.3 Å². The molecule has 0 saturated carbocycles. The number of amides is 2. The average molecular weight is 328 g/mol. The fraction of sp³-hybridized carbons (Fsp3) is 0.389. The Balaban J connectivity index is 1.86. The molecule has 6 heteroatoms. The van der Waals surface area contributed by atoms with E-state index in [1.165, 1.54) is 11.8 Å². The van der Waals surface area contributed by atoms with Crippen molar-refractivity contribution in [2.24, 2.45) is 0 Å². The molecule has 1 aromatic rings. The molecule has 2 amide bonds. The van der Waals surface area contributed by atoms with Crippen LogP contribution in [0.4, 0.5) is 0 Å². The number of carboxylic acids is 1. The molecule has 0 bridgehead atoms. The molecule has 0 aliphatic carbocycles. The second-order valence-corrected chi connectivity index (χ2v) is 6.17. The number of carbonyl (C=O) groups excluding carboxylic acids is 2. The predicted molar refractivity (Wildman–Crippen MR) is 87.7 cm³/mol. The Hall–Kier alpha value is -2.63. The monoisotopic (exact) mass is 328 g/mol. The zero-order chi connectivity index (χ0) is 17.3. The van der Waals surface area contributed by atoms with Gasteiger partial charge in [0.2, 0.25) is 11.8 Å². The minimum atomic E-state index is -0.965. The zero-order valence-corrected chi connectivity index (χ0v) is 13.5. The fourth-order valence-corrected chi connectivity index (χ4v) is 3.52. The Bertz CT molecular complexity index is 713. The molecule has 126 valence electrons. The molecule has 1 fully saturated rings. The molecule has 2 atom stereocenters. The highest BCUT2D eigenvalue weighted by molar-refractivity contribution is 5.86. The van der Waals surface area contributed by atoms with E-state index < -0.39 is 18.1 Å². The first-order valence-corrected chi connectivity index (χ1v) is 8.07. The largest absolute Gasteiger partial charge is 0.480 e. The van der Waals surface area contributed by atoms with Crippen molar-refractivity contribution in [3.05, 3.63) is 41.6 Å². The molecule has 0 aromatic heterocycles. The van der Waals surface area contributed by atoms with Crippen LogP contribution in [0.25, 0.3) is 6.08 Å². The maximum atomic E-state index is 12.7.